The molecule has 6 heteroatoms. The molecule has 5 nitrogen and oxygen atoms in total. The van der Waals surface area contributed by atoms with Crippen LogP contribution < -0.4 is 4.74 Å². The van der Waals surface area contributed by atoms with Gasteiger partial charge in [0.25, 0.3) is 0 Å². The average Bonchev–Trinajstić information content (AvgIpc) is 3.29. The number of aromatic nitrogens is 1. The van der Waals surface area contributed by atoms with Gasteiger partial charge in [0.05, 0.1) is 11.2 Å². The third kappa shape index (κ3) is 5.24. The summed E-state index contributed by atoms with van der Waals surface area (Å²) >= 11 is 1.59. The maximum Gasteiger partial charge on any atom is 0.221 e. The Kier molecular flexibility index (Phi) is 6.19. The van der Waals surface area contributed by atoms with Gasteiger partial charge in [-0.2, -0.15) is 11.3 Å². The zero-order valence-electron chi connectivity index (χ0n) is 17.0. The highest BCUT2D eigenvalue weighted by molar-refractivity contribution is 7.08. The maximum absolute atomic E-state index is 8.26. The van der Waals surface area contributed by atoms with Crippen LogP contribution in [0.2, 0.25) is 0 Å². The second-order valence-corrected chi connectivity index (χ2v) is 7.69. The smallest absolute Gasteiger partial charge is 0.221 e. The summed E-state index contributed by atoms with van der Waals surface area (Å²) in [4.78, 5) is 4.63. The van der Waals surface area contributed by atoms with Crippen LogP contribution in [0.25, 0.3) is 22.6 Å². The third-order valence-electron chi connectivity index (χ3n) is 4.56. The number of pyridine rings is 1. The highest BCUT2D eigenvalue weighted by Gasteiger charge is 2.12. The van der Waals surface area contributed by atoms with Crippen LogP contribution in [0.4, 0.5) is 0 Å². The van der Waals surface area contributed by atoms with Crippen molar-refractivity contribution in [3.8, 4) is 5.75 Å². The minimum absolute atomic E-state index is 0.0240. The first-order valence-corrected chi connectivity index (χ1v) is 10.7. The van der Waals surface area contributed by atoms with Gasteiger partial charge in [-0.25, -0.2) is 4.98 Å². The number of nitrogens with one attached hydrogen (secondary N) is 2. The summed E-state index contributed by atoms with van der Waals surface area (Å²) in [6.07, 6.45) is 1.89. The van der Waals surface area contributed by atoms with Gasteiger partial charge in [-0.3, -0.25) is 10.8 Å². The van der Waals surface area contributed by atoms with Crippen LogP contribution in [-0.4, -0.2) is 16.8 Å². The minimum atomic E-state index is -0.0623. The Bertz CT molecular complexity index is 1250. The SMILES string of the molecule is CC(=N)OC(=N)/C(=C/c1ccsc1)c1ccc(OCc2ccc3ccccc3n2)cc1. The summed E-state index contributed by atoms with van der Waals surface area (Å²) in [7, 11) is 0. The topological polar surface area (TPSA) is 79.0 Å². The predicted octanol–water partition coefficient (Wildman–Crippen LogP) is 6.41. The van der Waals surface area contributed by atoms with Gasteiger partial charge < -0.3 is 9.47 Å². The molecule has 0 saturated heterocycles. The van der Waals surface area contributed by atoms with Crippen LogP contribution >= 0.6 is 11.3 Å². The lowest BCUT2D eigenvalue weighted by atomic mass is 10.0. The molecule has 31 heavy (non-hydrogen) atoms. The van der Waals surface area contributed by atoms with E-state index in [9.17, 15) is 0 Å². The summed E-state index contributed by atoms with van der Waals surface area (Å²) in [5.41, 5.74) is 4.21. The summed E-state index contributed by atoms with van der Waals surface area (Å²) in [6.45, 7) is 1.88. The Morgan fingerprint density at radius 3 is 2.55 bits per heavy atom. The summed E-state index contributed by atoms with van der Waals surface area (Å²) in [6, 6.07) is 21.5. The van der Waals surface area contributed by atoms with E-state index in [-0.39, 0.29) is 11.8 Å². The van der Waals surface area contributed by atoms with Gasteiger partial charge in [0, 0.05) is 17.9 Å². The molecule has 2 heterocycles. The fourth-order valence-electron chi connectivity index (χ4n) is 3.09. The zero-order valence-corrected chi connectivity index (χ0v) is 17.8. The van der Waals surface area contributed by atoms with Crippen LogP contribution in [0, 0.1) is 10.8 Å². The van der Waals surface area contributed by atoms with E-state index < -0.39 is 0 Å². The van der Waals surface area contributed by atoms with E-state index >= 15 is 0 Å². The van der Waals surface area contributed by atoms with E-state index in [1.807, 2.05) is 83.6 Å². The van der Waals surface area contributed by atoms with Gasteiger partial charge in [-0.1, -0.05) is 36.4 Å². The third-order valence-corrected chi connectivity index (χ3v) is 5.26. The summed E-state index contributed by atoms with van der Waals surface area (Å²) in [5.74, 6) is 0.626. The zero-order chi connectivity index (χ0) is 21.6. The van der Waals surface area contributed by atoms with E-state index in [1.165, 1.54) is 6.92 Å². The monoisotopic (exact) mass is 427 g/mol. The lowest BCUT2D eigenvalue weighted by Crippen LogP contribution is -2.09. The Balaban J connectivity index is 1.50. The Morgan fingerprint density at radius 2 is 1.81 bits per heavy atom. The first-order chi connectivity index (χ1) is 15.1. The number of hydrogen-bond acceptors (Lipinski definition) is 6. The molecule has 0 unspecified atom stereocenters. The van der Waals surface area contributed by atoms with Gasteiger partial charge >= 0.3 is 0 Å². The maximum atomic E-state index is 8.26. The standard InChI is InChI=1S/C25H21N3O2S/c1-17(26)30-25(27)23(14-18-12-13-31-16-18)19-7-10-22(11-8-19)29-15-21-9-6-20-4-2-3-5-24(20)28-21/h2-14,16,26-27H,15H2,1H3/b23-14+,26-17?,27-25?. The molecule has 0 atom stereocenters. The largest absolute Gasteiger partial charge is 0.487 e. The first kappa shape index (κ1) is 20.5. The fraction of sp³-hybridized carbons (Fsp3) is 0.0800. The number of fused-ring (bicyclic) bond motifs is 1. The quantitative estimate of drug-likeness (QED) is 0.276. The molecule has 0 aliphatic carbocycles. The molecule has 0 bridgehead atoms. The Hall–Kier alpha value is -3.77. The number of thiophene rings is 1. The molecule has 0 spiro atoms. The van der Waals surface area contributed by atoms with E-state index in [0.29, 0.717) is 17.9 Å². The van der Waals surface area contributed by atoms with E-state index in [2.05, 4.69) is 4.98 Å². The lowest BCUT2D eigenvalue weighted by Gasteiger charge is -2.11. The van der Waals surface area contributed by atoms with Crippen LogP contribution in [0.1, 0.15) is 23.7 Å². The second-order valence-electron chi connectivity index (χ2n) is 6.91. The van der Waals surface area contributed by atoms with Gasteiger partial charge in [0.2, 0.25) is 5.90 Å². The highest BCUT2D eigenvalue weighted by atomic mass is 32.1. The summed E-state index contributed by atoms with van der Waals surface area (Å²) in [5, 5.41) is 20.9. The molecule has 4 aromatic rings. The fourth-order valence-corrected chi connectivity index (χ4v) is 3.71. The van der Waals surface area contributed by atoms with E-state index in [0.717, 1.165) is 27.7 Å². The number of hydrogen-bond donors (Lipinski definition) is 2. The van der Waals surface area contributed by atoms with Crippen molar-refractivity contribution < 1.29 is 9.47 Å². The second kappa shape index (κ2) is 9.36. The molecule has 0 radical (unpaired) electrons. The summed E-state index contributed by atoms with van der Waals surface area (Å²) < 4.78 is 11.2. The molecule has 4 rings (SSSR count). The van der Waals surface area contributed by atoms with Crippen molar-refractivity contribution in [2.24, 2.45) is 0 Å². The molecule has 0 saturated carbocycles. The van der Waals surface area contributed by atoms with E-state index in [4.69, 9.17) is 20.3 Å². The molecule has 0 aliphatic heterocycles. The van der Waals surface area contributed by atoms with Gasteiger partial charge in [0.15, 0.2) is 5.90 Å². The number of benzene rings is 2. The molecule has 2 aromatic carbocycles. The number of ether oxygens (including phenoxy) is 2. The van der Waals surface area contributed by atoms with Crippen molar-refractivity contribution in [3.05, 3.63) is 94.3 Å². The van der Waals surface area contributed by atoms with Crippen molar-refractivity contribution in [3.63, 3.8) is 0 Å². The number of para-hydroxylation sites is 1. The highest BCUT2D eigenvalue weighted by Crippen LogP contribution is 2.24. The normalized spacial score (nSPS) is 11.3. The predicted molar refractivity (Wildman–Crippen MR) is 127 cm³/mol. The molecule has 2 N–H and O–H groups in total. The lowest BCUT2D eigenvalue weighted by molar-refractivity contribution is 0.302. The van der Waals surface area contributed by atoms with Gasteiger partial charge in [-0.15, -0.1) is 0 Å². The molecule has 154 valence electrons. The van der Waals surface area contributed by atoms with E-state index in [1.54, 1.807) is 11.3 Å². The van der Waals surface area contributed by atoms with Gasteiger partial charge in [0.1, 0.15) is 12.4 Å². The Labute approximate surface area is 184 Å². The average molecular weight is 428 g/mol. The van der Waals surface area contributed by atoms with Crippen LogP contribution in [-0.2, 0) is 11.3 Å². The molecule has 0 fully saturated rings. The molecular formula is C25H21N3O2S. The Morgan fingerprint density at radius 1 is 1.00 bits per heavy atom. The van der Waals surface area contributed by atoms with Crippen molar-refractivity contribution in [1.82, 2.24) is 4.98 Å². The van der Waals surface area contributed by atoms with Crippen LogP contribution in [0.5, 0.6) is 5.75 Å². The minimum Gasteiger partial charge on any atom is -0.487 e. The number of nitrogens with zero attached hydrogens (tertiary/aromatic N) is 1. The van der Waals surface area contributed by atoms with Crippen molar-refractivity contribution >= 4 is 45.7 Å². The molecular weight excluding hydrogens is 406 g/mol. The van der Waals surface area contributed by atoms with Crippen molar-refractivity contribution in [1.29, 1.82) is 10.8 Å². The van der Waals surface area contributed by atoms with Crippen molar-refractivity contribution in [2.45, 2.75) is 13.5 Å². The molecule has 2 aromatic heterocycles. The molecule has 0 amide bonds. The van der Waals surface area contributed by atoms with Crippen LogP contribution in [0.3, 0.4) is 0 Å². The van der Waals surface area contributed by atoms with Crippen molar-refractivity contribution in [2.75, 3.05) is 0 Å². The van der Waals surface area contributed by atoms with Gasteiger partial charge in [-0.05, 0) is 58.3 Å². The van der Waals surface area contributed by atoms with Crippen LogP contribution in [0.15, 0.2) is 77.5 Å². The molecule has 0 aliphatic rings. The number of rotatable bonds is 6. The first-order valence-electron chi connectivity index (χ1n) is 9.72.